The van der Waals surface area contributed by atoms with Crippen molar-refractivity contribution >= 4 is 33.2 Å². The van der Waals surface area contributed by atoms with E-state index in [1.165, 1.54) is 11.3 Å². The second kappa shape index (κ2) is 3.14. The molecule has 1 amide bonds. The lowest BCUT2D eigenvalue weighted by molar-refractivity contribution is 0.0710. The minimum atomic E-state index is -0.484. The molecule has 1 rings (SSSR count). The van der Waals surface area contributed by atoms with E-state index in [0.29, 0.717) is 9.35 Å². The Balaban J connectivity index is 2.93. The lowest BCUT2D eigenvalue weighted by Gasteiger charge is -1.92. The van der Waals surface area contributed by atoms with Crippen LogP contribution < -0.4 is 5.48 Å². The summed E-state index contributed by atoms with van der Waals surface area (Å²) >= 11 is 4.41. The van der Waals surface area contributed by atoms with Gasteiger partial charge in [0.25, 0.3) is 5.91 Å². The molecule has 0 radical (unpaired) electrons. The van der Waals surface area contributed by atoms with Crippen LogP contribution in [0.2, 0.25) is 0 Å². The van der Waals surface area contributed by atoms with Crippen LogP contribution in [0.4, 0.5) is 0 Å². The van der Waals surface area contributed by atoms with Crippen molar-refractivity contribution in [3.05, 3.63) is 20.8 Å². The highest BCUT2D eigenvalue weighted by molar-refractivity contribution is 9.10. The lowest BCUT2D eigenvalue weighted by Crippen LogP contribution is -2.17. The number of halogens is 1. The van der Waals surface area contributed by atoms with E-state index >= 15 is 0 Å². The molecule has 2 N–H and O–H groups in total. The molecule has 0 bridgehead atoms. The third-order valence-electron chi connectivity index (χ3n) is 0.925. The fourth-order valence-corrected chi connectivity index (χ4v) is 1.95. The number of rotatable bonds is 1. The normalized spacial score (nSPS) is 9.40. The Kier molecular flexibility index (Phi) is 2.42. The third-order valence-corrected chi connectivity index (χ3v) is 2.76. The second-order valence-electron chi connectivity index (χ2n) is 1.54. The molecular formula is C5H4BrNO2S. The fourth-order valence-electron chi connectivity index (χ4n) is 0.507. The zero-order chi connectivity index (χ0) is 7.56. The van der Waals surface area contributed by atoms with Gasteiger partial charge in [-0.05, 0) is 27.4 Å². The van der Waals surface area contributed by atoms with Crippen molar-refractivity contribution < 1.29 is 10.0 Å². The molecule has 0 unspecified atom stereocenters. The predicted octanol–water partition coefficient (Wildman–Crippen LogP) is 1.63. The van der Waals surface area contributed by atoms with Gasteiger partial charge in [0.2, 0.25) is 0 Å². The summed E-state index contributed by atoms with van der Waals surface area (Å²) in [7, 11) is 0. The van der Waals surface area contributed by atoms with Crippen LogP contribution in [0, 0.1) is 0 Å². The number of thiophene rings is 1. The van der Waals surface area contributed by atoms with Crippen LogP contribution in [-0.4, -0.2) is 11.1 Å². The molecule has 0 atom stereocenters. The van der Waals surface area contributed by atoms with Crippen LogP contribution in [0.15, 0.2) is 15.9 Å². The Hall–Kier alpha value is -0.390. The first-order valence-electron chi connectivity index (χ1n) is 2.43. The quantitative estimate of drug-likeness (QED) is 0.560. The minimum Gasteiger partial charge on any atom is -0.288 e. The largest absolute Gasteiger partial charge is 0.288 e. The molecular weight excluding hydrogens is 218 g/mol. The average Bonchev–Trinajstić information content (AvgIpc) is 2.34. The highest BCUT2D eigenvalue weighted by atomic mass is 79.9. The van der Waals surface area contributed by atoms with Crippen LogP contribution in [0.25, 0.3) is 0 Å². The highest BCUT2D eigenvalue weighted by Gasteiger charge is 2.08. The summed E-state index contributed by atoms with van der Waals surface area (Å²) in [6.07, 6.45) is 0. The topological polar surface area (TPSA) is 49.3 Å². The van der Waals surface area contributed by atoms with Gasteiger partial charge in [-0.25, -0.2) is 5.48 Å². The number of hydrogen-bond acceptors (Lipinski definition) is 3. The van der Waals surface area contributed by atoms with Gasteiger partial charge in [0.05, 0.1) is 0 Å². The van der Waals surface area contributed by atoms with Gasteiger partial charge < -0.3 is 0 Å². The van der Waals surface area contributed by atoms with E-state index < -0.39 is 5.91 Å². The Morgan fingerprint density at radius 2 is 2.50 bits per heavy atom. The molecule has 0 saturated carbocycles. The second-order valence-corrected chi connectivity index (χ2v) is 3.31. The molecule has 10 heavy (non-hydrogen) atoms. The van der Waals surface area contributed by atoms with Crippen molar-refractivity contribution in [1.82, 2.24) is 5.48 Å². The molecule has 54 valence electrons. The van der Waals surface area contributed by atoms with Crippen molar-refractivity contribution in [2.75, 3.05) is 0 Å². The molecule has 0 aliphatic rings. The molecule has 0 fully saturated rings. The highest BCUT2D eigenvalue weighted by Crippen LogP contribution is 2.21. The molecule has 3 nitrogen and oxygen atoms in total. The molecule has 0 spiro atoms. The maximum Gasteiger partial charge on any atom is 0.285 e. The number of carbonyl (C=O) groups is 1. The summed E-state index contributed by atoms with van der Waals surface area (Å²) in [6.45, 7) is 0. The van der Waals surface area contributed by atoms with E-state index in [-0.39, 0.29) is 0 Å². The molecule has 0 aliphatic heterocycles. The molecule has 0 aliphatic carbocycles. The van der Waals surface area contributed by atoms with Crippen molar-refractivity contribution in [3.8, 4) is 0 Å². The number of hydroxylamine groups is 1. The summed E-state index contributed by atoms with van der Waals surface area (Å²) < 4.78 is 0.698. The summed E-state index contributed by atoms with van der Waals surface area (Å²) in [5.41, 5.74) is 1.55. The van der Waals surface area contributed by atoms with E-state index in [4.69, 9.17) is 5.21 Å². The monoisotopic (exact) mass is 221 g/mol. The molecule has 5 heteroatoms. The summed E-state index contributed by atoms with van der Waals surface area (Å²) in [5, 5.41) is 9.98. The molecule has 0 saturated heterocycles. The number of amides is 1. The maximum absolute atomic E-state index is 10.7. The molecule has 1 heterocycles. The van der Waals surface area contributed by atoms with Crippen LogP contribution in [0.5, 0.6) is 0 Å². The van der Waals surface area contributed by atoms with Gasteiger partial charge >= 0.3 is 0 Å². The first-order chi connectivity index (χ1) is 4.75. The van der Waals surface area contributed by atoms with Gasteiger partial charge in [-0.2, -0.15) is 0 Å². The number of hydrogen-bond donors (Lipinski definition) is 2. The van der Waals surface area contributed by atoms with Crippen molar-refractivity contribution in [2.24, 2.45) is 0 Å². The van der Waals surface area contributed by atoms with Crippen molar-refractivity contribution in [1.29, 1.82) is 0 Å². The van der Waals surface area contributed by atoms with Crippen LogP contribution in [0.3, 0.4) is 0 Å². The van der Waals surface area contributed by atoms with Gasteiger partial charge in [-0.1, -0.05) is 0 Å². The summed E-state index contributed by atoms with van der Waals surface area (Å²) in [6, 6.07) is 1.75. The Morgan fingerprint density at radius 3 is 2.90 bits per heavy atom. The summed E-state index contributed by atoms with van der Waals surface area (Å²) in [4.78, 5) is 11.2. The first kappa shape index (κ1) is 7.71. The van der Waals surface area contributed by atoms with Gasteiger partial charge in [0, 0.05) is 4.47 Å². The van der Waals surface area contributed by atoms with Crippen molar-refractivity contribution in [2.45, 2.75) is 0 Å². The van der Waals surface area contributed by atoms with Crippen LogP contribution in [0.1, 0.15) is 9.67 Å². The van der Waals surface area contributed by atoms with Gasteiger partial charge in [-0.3, -0.25) is 10.0 Å². The number of carbonyl (C=O) groups excluding carboxylic acids is 1. The average molecular weight is 222 g/mol. The Morgan fingerprint density at radius 1 is 1.80 bits per heavy atom. The lowest BCUT2D eigenvalue weighted by atomic mass is 10.5. The predicted molar refractivity (Wildman–Crippen MR) is 41.3 cm³/mol. The molecule has 1 aromatic rings. The summed E-state index contributed by atoms with van der Waals surface area (Å²) in [5.74, 6) is -0.484. The van der Waals surface area contributed by atoms with E-state index in [1.54, 1.807) is 16.9 Å². The van der Waals surface area contributed by atoms with Crippen LogP contribution in [-0.2, 0) is 0 Å². The van der Waals surface area contributed by atoms with Crippen molar-refractivity contribution in [3.63, 3.8) is 0 Å². The zero-order valence-electron chi connectivity index (χ0n) is 4.80. The van der Waals surface area contributed by atoms with Gasteiger partial charge in [-0.15, -0.1) is 11.3 Å². The van der Waals surface area contributed by atoms with Gasteiger partial charge in [0.1, 0.15) is 4.88 Å². The van der Waals surface area contributed by atoms with E-state index in [9.17, 15) is 4.79 Å². The van der Waals surface area contributed by atoms with E-state index in [2.05, 4.69) is 15.9 Å². The fraction of sp³-hybridized carbons (Fsp3) is 0. The van der Waals surface area contributed by atoms with Crippen LogP contribution >= 0.6 is 27.3 Å². The van der Waals surface area contributed by atoms with Gasteiger partial charge in [0.15, 0.2) is 0 Å². The number of nitrogens with one attached hydrogen (secondary N) is 1. The maximum atomic E-state index is 10.7. The Labute approximate surface area is 69.8 Å². The SMILES string of the molecule is O=C(NO)c1sccc1Br. The smallest absolute Gasteiger partial charge is 0.285 e. The molecule has 0 aromatic carbocycles. The standard InChI is InChI=1S/C5H4BrNO2S/c6-3-1-2-10-4(3)5(8)7-9/h1-2,9H,(H,7,8). The van der Waals surface area contributed by atoms with E-state index in [1.807, 2.05) is 0 Å². The Bertz CT molecular complexity index is 248. The minimum absolute atomic E-state index is 0.475. The molecule has 1 aromatic heterocycles. The zero-order valence-corrected chi connectivity index (χ0v) is 7.20. The van der Waals surface area contributed by atoms with E-state index in [0.717, 1.165) is 0 Å². The first-order valence-corrected chi connectivity index (χ1v) is 4.10. The third kappa shape index (κ3) is 1.36.